The minimum absolute atomic E-state index is 0.0256. The normalized spacial score (nSPS) is 16.3. The summed E-state index contributed by atoms with van der Waals surface area (Å²) in [5.41, 5.74) is 3.09. The first-order valence-electron chi connectivity index (χ1n) is 10.0. The zero-order chi connectivity index (χ0) is 20.8. The van der Waals surface area contributed by atoms with Gasteiger partial charge < -0.3 is 19.9 Å². The number of carbonyl (C=O) groups is 2. The van der Waals surface area contributed by atoms with Crippen molar-refractivity contribution in [3.8, 4) is 5.75 Å². The van der Waals surface area contributed by atoms with E-state index in [1.165, 1.54) is 5.56 Å². The van der Waals surface area contributed by atoms with Gasteiger partial charge >= 0.3 is 0 Å². The van der Waals surface area contributed by atoms with Crippen LogP contribution in [0.1, 0.15) is 24.5 Å². The van der Waals surface area contributed by atoms with Crippen molar-refractivity contribution < 1.29 is 14.3 Å². The lowest BCUT2D eigenvalue weighted by Gasteiger charge is -2.18. The molecular formula is C23H29N3O3. The highest BCUT2D eigenvalue weighted by molar-refractivity contribution is 6.00. The molecule has 0 saturated carbocycles. The van der Waals surface area contributed by atoms with E-state index in [9.17, 15) is 9.59 Å². The maximum atomic E-state index is 12.7. The van der Waals surface area contributed by atoms with Crippen LogP contribution < -0.4 is 15.0 Å². The second-order valence-corrected chi connectivity index (χ2v) is 7.56. The van der Waals surface area contributed by atoms with Crippen LogP contribution in [-0.4, -0.2) is 44.0 Å². The quantitative estimate of drug-likeness (QED) is 0.747. The summed E-state index contributed by atoms with van der Waals surface area (Å²) in [5, 5.41) is 3.02. The number of hydrogen-bond donors (Lipinski definition) is 1. The highest BCUT2D eigenvalue weighted by atomic mass is 16.5. The van der Waals surface area contributed by atoms with Gasteiger partial charge in [0.15, 0.2) is 0 Å². The lowest BCUT2D eigenvalue weighted by molar-refractivity contribution is -0.126. The van der Waals surface area contributed by atoms with Crippen molar-refractivity contribution in [2.24, 2.45) is 5.92 Å². The van der Waals surface area contributed by atoms with Gasteiger partial charge in [0.2, 0.25) is 11.8 Å². The molecule has 0 radical (unpaired) electrons. The van der Waals surface area contributed by atoms with Crippen molar-refractivity contribution in [2.45, 2.75) is 26.4 Å². The van der Waals surface area contributed by atoms with Gasteiger partial charge in [-0.05, 0) is 56.4 Å². The summed E-state index contributed by atoms with van der Waals surface area (Å²) in [4.78, 5) is 28.9. The Bertz CT molecular complexity index is 849. The molecule has 0 bridgehead atoms. The third kappa shape index (κ3) is 5.35. The van der Waals surface area contributed by atoms with Gasteiger partial charge in [0.05, 0.1) is 12.5 Å². The maximum absolute atomic E-state index is 12.7. The Hall–Kier alpha value is -2.86. The molecule has 2 amide bonds. The third-order valence-corrected chi connectivity index (χ3v) is 5.01. The van der Waals surface area contributed by atoms with Crippen molar-refractivity contribution in [3.05, 3.63) is 59.7 Å². The maximum Gasteiger partial charge on any atom is 0.227 e. The molecule has 1 atom stereocenters. The van der Waals surface area contributed by atoms with E-state index in [2.05, 4.69) is 16.3 Å². The molecule has 0 aromatic heterocycles. The molecule has 1 heterocycles. The number of benzene rings is 2. The van der Waals surface area contributed by atoms with Crippen LogP contribution in [0.25, 0.3) is 0 Å². The SMILES string of the molecule is CCOc1ccc(N2CC(C(=O)NCc3ccccc3CN(C)C)CC2=O)cc1. The molecule has 1 unspecified atom stereocenters. The summed E-state index contributed by atoms with van der Waals surface area (Å²) in [6.07, 6.45) is 0.235. The van der Waals surface area contributed by atoms with Crippen LogP contribution >= 0.6 is 0 Å². The number of nitrogens with zero attached hydrogens (tertiary/aromatic N) is 2. The van der Waals surface area contributed by atoms with Crippen LogP contribution in [0.5, 0.6) is 5.75 Å². The first-order chi connectivity index (χ1) is 14.0. The molecular weight excluding hydrogens is 366 g/mol. The lowest BCUT2D eigenvalue weighted by Crippen LogP contribution is -2.33. The van der Waals surface area contributed by atoms with Crippen LogP contribution in [0.2, 0.25) is 0 Å². The fraction of sp³-hybridized carbons (Fsp3) is 0.391. The Morgan fingerprint density at radius 2 is 1.83 bits per heavy atom. The van der Waals surface area contributed by atoms with Gasteiger partial charge in [-0.3, -0.25) is 9.59 Å². The molecule has 2 aromatic rings. The summed E-state index contributed by atoms with van der Waals surface area (Å²) in [6.45, 7) is 4.22. The van der Waals surface area contributed by atoms with Crippen molar-refractivity contribution >= 4 is 17.5 Å². The number of anilines is 1. The Kier molecular flexibility index (Phi) is 6.88. The molecule has 1 N–H and O–H groups in total. The number of nitrogens with one attached hydrogen (secondary N) is 1. The zero-order valence-corrected chi connectivity index (χ0v) is 17.4. The summed E-state index contributed by atoms with van der Waals surface area (Å²) in [6, 6.07) is 15.5. The van der Waals surface area contributed by atoms with Gasteiger partial charge in [0.1, 0.15) is 5.75 Å². The number of rotatable bonds is 8. The van der Waals surface area contributed by atoms with E-state index in [1.54, 1.807) is 4.90 Å². The van der Waals surface area contributed by atoms with Gasteiger partial charge in [-0.1, -0.05) is 24.3 Å². The van der Waals surface area contributed by atoms with E-state index in [0.717, 1.165) is 23.5 Å². The number of ether oxygens (including phenoxy) is 1. The first kappa shape index (κ1) is 20.9. The molecule has 2 aromatic carbocycles. The third-order valence-electron chi connectivity index (χ3n) is 5.01. The van der Waals surface area contributed by atoms with Crippen LogP contribution in [0.3, 0.4) is 0 Å². The lowest BCUT2D eigenvalue weighted by atomic mass is 10.1. The van der Waals surface area contributed by atoms with E-state index >= 15 is 0 Å². The van der Waals surface area contributed by atoms with E-state index in [1.807, 2.05) is 63.5 Å². The van der Waals surface area contributed by atoms with Crippen molar-refractivity contribution in [2.75, 3.05) is 32.1 Å². The summed E-state index contributed by atoms with van der Waals surface area (Å²) >= 11 is 0. The first-order valence-corrected chi connectivity index (χ1v) is 10.0. The monoisotopic (exact) mass is 395 g/mol. The average Bonchev–Trinajstić information content (AvgIpc) is 3.09. The molecule has 3 rings (SSSR count). The fourth-order valence-corrected chi connectivity index (χ4v) is 3.57. The number of amides is 2. The molecule has 0 spiro atoms. The minimum atomic E-state index is -0.338. The Labute approximate surface area is 172 Å². The molecule has 154 valence electrons. The van der Waals surface area contributed by atoms with Gasteiger partial charge in [-0.15, -0.1) is 0 Å². The molecule has 6 heteroatoms. The minimum Gasteiger partial charge on any atom is -0.494 e. The summed E-state index contributed by atoms with van der Waals surface area (Å²) in [5.74, 6) is 0.331. The second kappa shape index (κ2) is 9.56. The molecule has 6 nitrogen and oxygen atoms in total. The van der Waals surface area contributed by atoms with Crippen molar-refractivity contribution in [1.29, 1.82) is 0 Å². The largest absolute Gasteiger partial charge is 0.494 e. The van der Waals surface area contributed by atoms with Gasteiger partial charge in [0.25, 0.3) is 0 Å². The van der Waals surface area contributed by atoms with Crippen LogP contribution in [0.15, 0.2) is 48.5 Å². The van der Waals surface area contributed by atoms with Crippen molar-refractivity contribution in [1.82, 2.24) is 10.2 Å². The molecule has 0 aliphatic carbocycles. The average molecular weight is 396 g/mol. The predicted octanol–water partition coefficient (Wildman–Crippen LogP) is 2.82. The van der Waals surface area contributed by atoms with Crippen LogP contribution in [0.4, 0.5) is 5.69 Å². The molecule has 29 heavy (non-hydrogen) atoms. The van der Waals surface area contributed by atoms with Gasteiger partial charge in [-0.25, -0.2) is 0 Å². The van der Waals surface area contributed by atoms with Crippen LogP contribution in [-0.2, 0) is 22.7 Å². The standard InChI is InChI=1S/C23H29N3O3/c1-4-29-21-11-9-20(10-12-21)26-16-19(13-22(26)27)23(28)24-14-17-7-5-6-8-18(17)15-25(2)3/h5-12,19H,4,13-16H2,1-3H3,(H,24,28). The Morgan fingerprint density at radius 3 is 2.48 bits per heavy atom. The van der Waals surface area contributed by atoms with E-state index in [0.29, 0.717) is 19.7 Å². The molecule has 1 aliphatic rings. The van der Waals surface area contributed by atoms with E-state index in [-0.39, 0.29) is 24.2 Å². The highest BCUT2D eigenvalue weighted by Crippen LogP contribution is 2.27. The van der Waals surface area contributed by atoms with E-state index < -0.39 is 0 Å². The summed E-state index contributed by atoms with van der Waals surface area (Å²) in [7, 11) is 4.05. The molecule has 1 fully saturated rings. The predicted molar refractivity (Wildman–Crippen MR) is 114 cm³/mol. The van der Waals surface area contributed by atoms with Crippen LogP contribution in [0, 0.1) is 5.92 Å². The van der Waals surface area contributed by atoms with Gasteiger partial charge in [-0.2, -0.15) is 0 Å². The topological polar surface area (TPSA) is 61.9 Å². The molecule has 1 saturated heterocycles. The number of hydrogen-bond acceptors (Lipinski definition) is 4. The Balaban J connectivity index is 1.59. The smallest absolute Gasteiger partial charge is 0.227 e. The van der Waals surface area contributed by atoms with E-state index in [4.69, 9.17) is 4.74 Å². The number of carbonyl (C=O) groups excluding carboxylic acids is 2. The second-order valence-electron chi connectivity index (χ2n) is 7.56. The zero-order valence-electron chi connectivity index (χ0n) is 17.4. The van der Waals surface area contributed by atoms with Crippen molar-refractivity contribution in [3.63, 3.8) is 0 Å². The molecule has 1 aliphatic heterocycles. The summed E-state index contributed by atoms with van der Waals surface area (Å²) < 4.78 is 5.45. The highest BCUT2D eigenvalue weighted by Gasteiger charge is 2.35. The Morgan fingerprint density at radius 1 is 1.14 bits per heavy atom. The fourth-order valence-electron chi connectivity index (χ4n) is 3.57. The van der Waals surface area contributed by atoms with Gasteiger partial charge in [0, 0.05) is 31.7 Å².